The molecule has 0 N–H and O–H groups in total. The Morgan fingerprint density at radius 3 is 1.61 bits per heavy atom. The Kier molecular flexibility index (Phi) is 5.54. The maximum Gasteiger partial charge on any atom is 0.203 e. The van der Waals surface area contributed by atoms with Gasteiger partial charge in [-0.15, -0.1) is 22.7 Å². The molecule has 33 heavy (non-hydrogen) atoms. The zero-order chi connectivity index (χ0) is 22.4. The van der Waals surface area contributed by atoms with E-state index in [1.54, 1.807) is 22.7 Å². The van der Waals surface area contributed by atoms with Crippen LogP contribution in [0.1, 0.15) is 31.0 Å². The first-order chi connectivity index (χ1) is 16.2. The first-order valence-corrected chi connectivity index (χ1v) is 13.0. The Bertz CT molecular complexity index is 1080. The third-order valence-electron chi connectivity index (χ3n) is 5.96. The highest BCUT2D eigenvalue weighted by molar-refractivity contribution is 7.13. The van der Waals surface area contributed by atoms with E-state index in [9.17, 15) is 0 Å². The number of ether oxygens (including phenoxy) is 6. The van der Waals surface area contributed by atoms with E-state index in [1.165, 1.54) is 19.5 Å². The summed E-state index contributed by atoms with van der Waals surface area (Å²) >= 11 is 3.53. The van der Waals surface area contributed by atoms with Crippen LogP contribution in [0, 0.1) is 13.8 Å². The highest BCUT2D eigenvalue weighted by Gasteiger charge is 2.28. The molecule has 3 aromatic rings. The minimum absolute atomic E-state index is 0.551. The van der Waals surface area contributed by atoms with Crippen LogP contribution in [0.5, 0.6) is 34.5 Å². The molecule has 0 bridgehead atoms. The van der Waals surface area contributed by atoms with Gasteiger partial charge in [-0.25, -0.2) is 0 Å². The van der Waals surface area contributed by atoms with Crippen LogP contribution in [0.15, 0.2) is 4.42 Å². The Balaban J connectivity index is 1.21. The van der Waals surface area contributed by atoms with Gasteiger partial charge in [0.2, 0.25) is 11.5 Å². The number of fused-ring (bicyclic) bond motifs is 3. The molecule has 6 heterocycles. The van der Waals surface area contributed by atoms with Crippen LogP contribution in [-0.2, 0) is 25.7 Å². The van der Waals surface area contributed by atoms with Gasteiger partial charge < -0.3 is 32.8 Å². The standard InChI is InChI=1S/C24H26O7S2/c1-13-19-21(27-9-7-25-19)15(31-13)3-4-17-23-24(30-12-11-29-23)18(33-17)6-5-16-22-20(14(2)32-16)26-8-10-28-22/h3-12H2,1-2H3. The number of thiophene rings is 2. The maximum absolute atomic E-state index is 6.05. The summed E-state index contributed by atoms with van der Waals surface area (Å²) in [5.41, 5.74) is 0. The molecule has 0 fully saturated rings. The van der Waals surface area contributed by atoms with Crippen molar-refractivity contribution in [2.75, 3.05) is 39.6 Å². The van der Waals surface area contributed by atoms with Crippen molar-refractivity contribution in [1.29, 1.82) is 0 Å². The molecule has 0 aliphatic carbocycles. The molecule has 0 amide bonds. The van der Waals surface area contributed by atoms with Crippen molar-refractivity contribution in [3.8, 4) is 34.5 Å². The van der Waals surface area contributed by atoms with Crippen LogP contribution >= 0.6 is 22.7 Å². The van der Waals surface area contributed by atoms with Crippen molar-refractivity contribution < 1.29 is 32.8 Å². The van der Waals surface area contributed by atoms with Crippen LogP contribution in [0.3, 0.4) is 0 Å². The van der Waals surface area contributed by atoms with E-state index >= 15 is 0 Å². The van der Waals surface area contributed by atoms with Gasteiger partial charge in [-0.05, 0) is 33.1 Å². The zero-order valence-electron chi connectivity index (χ0n) is 18.7. The summed E-state index contributed by atoms with van der Waals surface area (Å²) in [7, 11) is 0. The summed E-state index contributed by atoms with van der Waals surface area (Å²) in [4.78, 5) is 4.81. The van der Waals surface area contributed by atoms with E-state index < -0.39 is 0 Å². The predicted octanol–water partition coefficient (Wildman–Crippen LogP) is 4.90. The van der Waals surface area contributed by atoms with Crippen molar-refractivity contribution in [2.45, 2.75) is 39.5 Å². The van der Waals surface area contributed by atoms with Crippen molar-refractivity contribution in [2.24, 2.45) is 0 Å². The number of rotatable bonds is 6. The molecule has 6 rings (SSSR count). The molecule has 0 saturated carbocycles. The Morgan fingerprint density at radius 2 is 0.970 bits per heavy atom. The molecule has 0 spiro atoms. The fraction of sp³-hybridized carbons (Fsp3) is 0.500. The second-order valence-corrected chi connectivity index (χ2v) is 10.7. The van der Waals surface area contributed by atoms with Gasteiger partial charge in [0.05, 0.1) is 14.6 Å². The van der Waals surface area contributed by atoms with Crippen LogP contribution in [0.2, 0.25) is 0 Å². The molecule has 0 aromatic carbocycles. The summed E-state index contributed by atoms with van der Waals surface area (Å²) in [6.45, 7) is 7.50. The van der Waals surface area contributed by atoms with Gasteiger partial charge in [-0.3, -0.25) is 0 Å². The third kappa shape index (κ3) is 3.81. The highest BCUT2D eigenvalue weighted by atomic mass is 32.1. The summed E-state index contributed by atoms with van der Waals surface area (Å²) in [6.07, 6.45) is 3.27. The average Bonchev–Trinajstić information content (AvgIpc) is 3.48. The van der Waals surface area contributed by atoms with Crippen molar-refractivity contribution in [3.05, 3.63) is 31.0 Å². The minimum Gasteiger partial charge on any atom is -0.485 e. The van der Waals surface area contributed by atoms with Crippen molar-refractivity contribution >= 4 is 22.7 Å². The highest BCUT2D eigenvalue weighted by Crippen LogP contribution is 2.48. The number of furan rings is 1. The SMILES string of the molecule is Cc1oc(CCc2sc(CCc3sc(C)c4c3OCCO4)c3c2OCCO3)c2c1OCCO2. The fourth-order valence-electron chi connectivity index (χ4n) is 4.52. The Morgan fingerprint density at radius 1 is 0.515 bits per heavy atom. The van der Waals surface area contributed by atoms with Gasteiger partial charge in [-0.1, -0.05) is 0 Å². The summed E-state index contributed by atoms with van der Waals surface area (Å²) in [5, 5.41) is 0. The lowest BCUT2D eigenvalue weighted by atomic mass is 10.1. The van der Waals surface area contributed by atoms with E-state index in [2.05, 4.69) is 6.92 Å². The van der Waals surface area contributed by atoms with Gasteiger partial charge in [0.1, 0.15) is 51.2 Å². The predicted molar refractivity (Wildman–Crippen MR) is 125 cm³/mol. The number of hydrogen-bond acceptors (Lipinski definition) is 9. The second kappa shape index (κ2) is 8.68. The minimum atomic E-state index is 0.551. The molecule has 3 aliphatic heterocycles. The monoisotopic (exact) mass is 490 g/mol. The average molecular weight is 491 g/mol. The molecule has 0 unspecified atom stereocenters. The molecule has 9 heteroatoms. The molecular formula is C24H26O7S2. The second-order valence-electron chi connectivity index (χ2n) is 8.18. The van der Waals surface area contributed by atoms with Gasteiger partial charge in [-0.2, -0.15) is 0 Å². The first kappa shape index (κ1) is 21.0. The van der Waals surface area contributed by atoms with E-state index in [0.717, 1.165) is 71.7 Å². The summed E-state index contributed by atoms with van der Waals surface area (Å²) < 4.78 is 41.3. The third-order valence-corrected chi connectivity index (χ3v) is 8.36. The van der Waals surface area contributed by atoms with E-state index in [0.29, 0.717) is 39.6 Å². The van der Waals surface area contributed by atoms with Gasteiger partial charge >= 0.3 is 0 Å². The smallest absolute Gasteiger partial charge is 0.203 e. The van der Waals surface area contributed by atoms with E-state index in [-0.39, 0.29) is 0 Å². The fourth-order valence-corrected chi connectivity index (χ4v) is 6.77. The number of hydrogen-bond donors (Lipinski definition) is 0. The van der Waals surface area contributed by atoms with E-state index in [4.69, 9.17) is 32.8 Å². The quantitative estimate of drug-likeness (QED) is 0.487. The topological polar surface area (TPSA) is 68.5 Å². The summed E-state index contributed by atoms with van der Waals surface area (Å²) in [5.74, 6) is 6.73. The zero-order valence-corrected chi connectivity index (χ0v) is 20.4. The van der Waals surface area contributed by atoms with Crippen LogP contribution in [0.25, 0.3) is 0 Å². The van der Waals surface area contributed by atoms with Gasteiger partial charge in [0.25, 0.3) is 0 Å². The van der Waals surface area contributed by atoms with Crippen molar-refractivity contribution in [1.82, 2.24) is 0 Å². The molecule has 0 radical (unpaired) electrons. The molecule has 7 nitrogen and oxygen atoms in total. The lowest BCUT2D eigenvalue weighted by Gasteiger charge is -2.18. The Labute approximate surface area is 200 Å². The lowest BCUT2D eigenvalue weighted by molar-refractivity contribution is 0.169. The van der Waals surface area contributed by atoms with Crippen molar-refractivity contribution in [3.63, 3.8) is 0 Å². The summed E-state index contributed by atoms with van der Waals surface area (Å²) in [6, 6.07) is 0. The van der Waals surface area contributed by atoms with Crippen LogP contribution in [0.4, 0.5) is 0 Å². The van der Waals surface area contributed by atoms with Crippen LogP contribution < -0.4 is 28.4 Å². The molecule has 0 saturated heterocycles. The maximum atomic E-state index is 6.05. The molecule has 3 aromatic heterocycles. The molecule has 3 aliphatic rings. The van der Waals surface area contributed by atoms with Crippen LogP contribution in [-0.4, -0.2) is 39.6 Å². The van der Waals surface area contributed by atoms with Gasteiger partial charge in [0.15, 0.2) is 23.0 Å². The molecule has 176 valence electrons. The lowest BCUT2D eigenvalue weighted by Crippen LogP contribution is -2.16. The normalized spacial score (nSPS) is 16.2. The molecular weight excluding hydrogens is 464 g/mol. The molecule has 0 atom stereocenters. The number of aryl methyl sites for hydroxylation is 6. The van der Waals surface area contributed by atoms with E-state index in [1.807, 2.05) is 6.92 Å². The Hall–Kier alpha value is -2.52. The largest absolute Gasteiger partial charge is 0.485 e. The first-order valence-electron chi connectivity index (χ1n) is 11.3. The van der Waals surface area contributed by atoms with Gasteiger partial charge in [0, 0.05) is 11.3 Å².